The first-order valence-electron chi connectivity index (χ1n) is 16.3. The molecule has 2 fully saturated rings. The number of carboxylic acids is 1. The first-order chi connectivity index (χ1) is 24.2. The number of rotatable bonds is 12. The predicted molar refractivity (Wildman–Crippen MR) is 191 cm³/mol. The van der Waals surface area contributed by atoms with Crippen LogP contribution in [0.15, 0.2) is 77.9 Å². The third-order valence-corrected chi connectivity index (χ3v) is 10.2. The van der Waals surface area contributed by atoms with Gasteiger partial charge in [-0.05, 0) is 43.0 Å². The summed E-state index contributed by atoms with van der Waals surface area (Å²) in [6.45, 7) is 1.23. The summed E-state index contributed by atoms with van der Waals surface area (Å²) >= 11 is 14.1. The molecule has 0 radical (unpaired) electrons. The van der Waals surface area contributed by atoms with E-state index in [-0.39, 0.29) is 17.5 Å². The van der Waals surface area contributed by atoms with Crippen LogP contribution in [-0.2, 0) is 22.7 Å². The lowest BCUT2D eigenvalue weighted by molar-refractivity contribution is -0.140. The fraction of sp³-hybridized carbons (Fsp3) is 0.270. The molecule has 4 heterocycles. The van der Waals surface area contributed by atoms with E-state index in [1.807, 2.05) is 60.7 Å². The van der Waals surface area contributed by atoms with Gasteiger partial charge in [-0.3, -0.25) is 24.1 Å². The molecule has 1 aliphatic carbocycles. The number of carboxylic acid groups (broad SMARTS) is 1. The molecular formula is C37H34Cl2N6O5. The van der Waals surface area contributed by atoms with Crippen molar-refractivity contribution in [2.24, 2.45) is 0 Å². The molecule has 0 bridgehead atoms. The second-order valence-electron chi connectivity index (χ2n) is 12.6. The highest BCUT2D eigenvalue weighted by molar-refractivity contribution is 6.39. The summed E-state index contributed by atoms with van der Waals surface area (Å²) in [5.74, 6) is -0.421. The van der Waals surface area contributed by atoms with E-state index < -0.39 is 11.5 Å². The van der Waals surface area contributed by atoms with Gasteiger partial charge in [-0.1, -0.05) is 65.7 Å². The Morgan fingerprint density at radius 2 is 1.72 bits per heavy atom. The van der Waals surface area contributed by atoms with E-state index in [1.54, 1.807) is 12.4 Å². The molecule has 2 aliphatic rings. The highest BCUT2D eigenvalue weighted by Gasteiger charge is 2.50. The number of benzene rings is 2. The van der Waals surface area contributed by atoms with Gasteiger partial charge in [0.1, 0.15) is 11.2 Å². The number of pyridine rings is 2. The molecule has 0 unspecified atom stereocenters. The minimum Gasteiger partial charge on any atom is -0.481 e. The van der Waals surface area contributed by atoms with E-state index in [2.05, 4.69) is 20.9 Å². The van der Waals surface area contributed by atoms with Crippen molar-refractivity contribution in [1.82, 2.24) is 30.3 Å². The molecule has 1 saturated carbocycles. The molecule has 3 aromatic heterocycles. The monoisotopic (exact) mass is 712 g/mol. The molecule has 13 heteroatoms. The third-order valence-electron chi connectivity index (χ3n) is 9.36. The number of halogens is 2. The summed E-state index contributed by atoms with van der Waals surface area (Å²) in [5, 5.41) is 19.7. The lowest BCUT2D eigenvalue weighted by atomic mass is 9.97. The Labute approximate surface area is 297 Å². The zero-order valence-electron chi connectivity index (χ0n) is 27.1. The second kappa shape index (κ2) is 13.8. The fourth-order valence-corrected chi connectivity index (χ4v) is 6.96. The van der Waals surface area contributed by atoms with E-state index >= 15 is 0 Å². The smallest absolute Gasteiger partial charge is 0.323 e. The van der Waals surface area contributed by atoms with Crippen LogP contribution in [0.4, 0.5) is 0 Å². The third kappa shape index (κ3) is 6.57. The van der Waals surface area contributed by atoms with Gasteiger partial charge in [-0.25, -0.2) is 9.97 Å². The number of ether oxygens (including phenoxy) is 1. The lowest BCUT2D eigenvalue weighted by Gasteiger charge is -2.16. The SMILES string of the molecule is COc1nc(-c2cccc(-c3cccc(-c4ccn5c(=O)c(CNC[C@H]6CCC(=O)N6)cnc5c4)c3Cl)c2Cl)ccc1CNC1(C(=O)O)CC1. The van der Waals surface area contributed by atoms with Crippen LogP contribution >= 0.6 is 23.2 Å². The number of fused-ring (bicyclic) bond motifs is 1. The summed E-state index contributed by atoms with van der Waals surface area (Å²) in [7, 11) is 1.53. The fourth-order valence-electron chi connectivity index (χ4n) is 6.30. The number of amides is 1. The lowest BCUT2D eigenvalue weighted by Crippen LogP contribution is -2.38. The number of carbonyl (C=O) groups excluding carboxylic acids is 1. The number of aromatic nitrogens is 3. The van der Waals surface area contributed by atoms with Gasteiger partial charge in [0, 0.05) is 77.9 Å². The van der Waals surface area contributed by atoms with Gasteiger partial charge in [0.2, 0.25) is 11.8 Å². The molecule has 4 N–H and O–H groups in total. The Bertz CT molecular complexity index is 2200. The minimum absolute atomic E-state index is 0.0549. The van der Waals surface area contributed by atoms with Crippen molar-refractivity contribution in [2.75, 3.05) is 13.7 Å². The van der Waals surface area contributed by atoms with Crippen molar-refractivity contribution in [1.29, 1.82) is 0 Å². The normalized spacial score (nSPS) is 16.4. The van der Waals surface area contributed by atoms with Gasteiger partial charge >= 0.3 is 5.97 Å². The number of nitrogens with zero attached hydrogens (tertiary/aromatic N) is 3. The minimum atomic E-state index is -0.880. The maximum atomic E-state index is 13.2. The molecule has 1 amide bonds. The summed E-state index contributed by atoms with van der Waals surface area (Å²) < 4.78 is 7.08. The summed E-state index contributed by atoms with van der Waals surface area (Å²) in [4.78, 5) is 45.6. The van der Waals surface area contributed by atoms with Crippen LogP contribution in [0.1, 0.15) is 36.8 Å². The van der Waals surface area contributed by atoms with Crippen LogP contribution in [0.3, 0.4) is 0 Å². The van der Waals surface area contributed by atoms with Gasteiger partial charge in [0.25, 0.3) is 5.56 Å². The molecule has 5 aromatic rings. The molecule has 50 heavy (non-hydrogen) atoms. The van der Waals surface area contributed by atoms with Crippen LogP contribution in [0.25, 0.3) is 39.2 Å². The standard InChI is InChI=1S/C37H34Cl2N6O5/c1-50-34-22(19-42-37(13-14-37)36(48)49)8-10-29(44-34)28-7-3-6-27(33(28)39)26-5-2-4-25(32(26)38)21-12-15-45-30(16-21)41-18-23(35(45)47)17-40-20-24-9-11-31(46)43-24/h2-8,10,12,15-16,18,24,40,42H,9,11,13-14,17,19-20H2,1H3,(H,43,46)(H,48,49)/t24-/m1/s1. The highest BCUT2D eigenvalue weighted by Crippen LogP contribution is 2.42. The van der Waals surface area contributed by atoms with E-state index in [1.165, 1.54) is 11.5 Å². The highest BCUT2D eigenvalue weighted by atomic mass is 35.5. The molecule has 1 aliphatic heterocycles. The summed E-state index contributed by atoms with van der Waals surface area (Å²) in [6.07, 6.45) is 5.76. The molecule has 0 spiro atoms. The molecule has 1 atom stereocenters. The van der Waals surface area contributed by atoms with Crippen LogP contribution in [-0.4, -0.2) is 56.6 Å². The zero-order valence-corrected chi connectivity index (χ0v) is 28.6. The Morgan fingerprint density at radius 3 is 2.40 bits per heavy atom. The van der Waals surface area contributed by atoms with Crippen molar-refractivity contribution in [3.8, 4) is 39.4 Å². The van der Waals surface area contributed by atoms with Gasteiger partial charge in [0.05, 0.1) is 22.8 Å². The van der Waals surface area contributed by atoms with Crippen molar-refractivity contribution >= 4 is 40.7 Å². The van der Waals surface area contributed by atoms with Crippen molar-refractivity contribution < 1.29 is 19.4 Å². The summed E-state index contributed by atoms with van der Waals surface area (Å²) in [5.41, 5.74) is 4.93. The Morgan fingerprint density at radius 1 is 1.00 bits per heavy atom. The number of methoxy groups -OCH3 is 1. The number of hydrogen-bond acceptors (Lipinski definition) is 8. The van der Waals surface area contributed by atoms with E-state index in [9.17, 15) is 19.5 Å². The number of carbonyl (C=O) groups is 2. The van der Waals surface area contributed by atoms with Gasteiger partial charge in [-0.15, -0.1) is 0 Å². The largest absolute Gasteiger partial charge is 0.481 e. The molecule has 7 rings (SSSR count). The average molecular weight is 714 g/mol. The maximum Gasteiger partial charge on any atom is 0.323 e. The van der Waals surface area contributed by atoms with E-state index in [0.29, 0.717) is 82.9 Å². The van der Waals surface area contributed by atoms with Gasteiger partial charge in [-0.2, -0.15) is 0 Å². The first kappa shape index (κ1) is 33.7. The molecule has 11 nitrogen and oxygen atoms in total. The molecule has 2 aromatic carbocycles. The Balaban J connectivity index is 1.13. The average Bonchev–Trinajstić information content (AvgIpc) is 3.81. The topological polar surface area (TPSA) is 147 Å². The van der Waals surface area contributed by atoms with Gasteiger partial charge < -0.3 is 20.5 Å². The molecule has 1 saturated heterocycles. The molecule has 256 valence electrons. The number of aliphatic carboxylic acids is 1. The van der Waals surface area contributed by atoms with Crippen LogP contribution < -0.4 is 26.2 Å². The molecular weight excluding hydrogens is 679 g/mol. The van der Waals surface area contributed by atoms with Crippen LogP contribution in [0.2, 0.25) is 10.0 Å². The van der Waals surface area contributed by atoms with Crippen molar-refractivity contribution in [3.05, 3.63) is 105 Å². The van der Waals surface area contributed by atoms with Gasteiger partial charge in [0.15, 0.2) is 0 Å². The maximum absolute atomic E-state index is 13.2. The van der Waals surface area contributed by atoms with Crippen LogP contribution in [0, 0.1) is 0 Å². The van der Waals surface area contributed by atoms with Crippen molar-refractivity contribution in [2.45, 2.75) is 50.4 Å². The first-order valence-corrected chi connectivity index (χ1v) is 17.0. The number of hydrogen-bond donors (Lipinski definition) is 4. The van der Waals surface area contributed by atoms with Crippen molar-refractivity contribution in [3.63, 3.8) is 0 Å². The second-order valence-corrected chi connectivity index (χ2v) is 13.4. The van der Waals surface area contributed by atoms with Crippen LogP contribution in [0.5, 0.6) is 5.88 Å². The van der Waals surface area contributed by atoms with E-state index in [4.69, 9.17) is 32.9 Å². The van der Waals surface area contributed by atoms with E-state index in [0.717, 1.165) is 28.7 Å². The Hall–Kier alpha value is -4.81. The Kier molecular flexibility index (Phi) is 9.32. The number of nitrogens with one attached hydrogen (secondary N) is 3. The zero-order chi connectivity index (χ0) is 35.0. The summed E-state index contributed by atoms with van der Waals surface area (Å²) in [6, 6.07) is 18.8. The predicted octanol–water partition coefficient (Wildman–Crippen LogP) is 5.48. The quantitative estimate of drug-likeness (QED) is 0.132.